The highest BCUT2D eigenvalue weighted by Gasteiger charge is 2.06. The molecule has 0 aliphatic heterocycles. The number of anilines is 2. The zero-order chi connectivity index (χ0) is 13.7. The van der Waals surface area contributed by atoms with Gasteiger partial charge in [-0.05, 0) is 24.6 Å². The maximum absolute atomic E-state index is 9.56. The Labute approximate surface area is 111 Å². The number of nitrogens with two attached hydrogens (primary N) is 1. The van der Waals surface area contributed by atoms with Crippen molar-refractivity contribution in [2.24, 2.45) is 0 Å². The summed E-state index contributed by atoms with van der Waals surface area (Å²) >= 11 is 0. The molecular formula is C13H18N4O2. The number of benzene rings is 1. The molecule has 2 rings (SSSR count). The molecule has 0 saturated heterocycles. The number of fused-ring (bicyclic) bond motifs is 1. The largest absolute Gasteiger partial charge is 0.399 e. The Kier molecular flexibility index (Phi) is 4.48. The number of nitrogens with one attached hydrogen (secondary N) is 1. The Morgan fingerprint density at radius 2 is 2.26 bits per heavy atom. The number of nitrogen functional groups attached to an aromatic ring is 1. The topological polar surface area (TPSA) is 93.3 Å². The molecule has 102 valence electrons. The van der Waals surface area contributed by atoms with Gasteiger partial charge in [0.1, 0.15) is 12.1 Å². The molecule has 0 aliphatic carbocycles. The third-order valence-electron chi connectivity index (χ3n) is 2.79. The summed E-state index contributed by atoms with van der Waals surface area (Å²) in [5.41, 5.74) is 7.19. The summed E-state index contributed by atoms with van der Waals surface area (Å²) < 4.78 is 4.87. The lowest BCUT2D eigenvalue weighted by molar-refractivity contribution is 0.0615. The summed E-state index contributed by atoms with van der Waals surface area (Å²) in [4.78, 5) is 8.38. The van der Waals surface area contributed by atoms with Crippen molar-refractivity contribution in [1.29, 1.82) is 0 Å². The third kappa shape index (κ3) is 3.52. The first kappa shape index (κ1) is 13.5. The van der Waals surface area contributed by atoms with Crippen LogP contribution in [0.3, 0.4) is 0 Å². The molecule has 1 aromatic heterocycles. The fourth-order valence-electron chi connectivity index (χ4n) is 1.85. The first-order valence-electron chi connectivity index (χ1n) is 6.12. The summed E-state index contributed by atoms with van der Waals surface area (Å²) in [6.07, 6.45) is 1.62. The quantitative estimate of drug-likeness (QED) is 0.673. The van der Waals surface area contributed by atoms with Crippen molar-refractivity contribution in [3.8, 4) is 0 Å². The lowest BCUT2D eigenvalue weighted by atomic mass is 10.2. The number of rotatable bonds is 6. The van der Waals surface area contributed by atoms with Crippen LogP contribution in [0.5, 0.6) is 0 Å². The minimum Gasteiger partial charge on any atom is -0.399 e. The van der Waals surface area contributed by atoms with Crippen LogP contribution in [-0.4, -0.2) is 41.4 Å². The van der Waals surface area contributed by atoms with E-state index in [4.69, 9.17) is 10.5 Å². The van der Waals surface area contributed by atoms with Gasteiger partial charge < -0.3 is 20.9 Å². The second-order valence-corrected chi connectivity index (χ2v) is 4.32. The summed E-state index contributed by atoms with van der Waals surface area (Å²) in [5, 5.41) is 13.7. The van der Waals surface area contributed by atoms with Crippen LogP contribution < -0.4 is 11.1 Å². The molecule has 1 aromatic carbocycles. The zero-order valence-electron chi connectivity index (χ0n) is 10.8. The Hall–Kier alpha value is -1.92. The van der Waals surface area contributed by atoms with Crippen LogP contribution in [0.1, 0.15) is 6.42 Å². The second-order valence-electron chi connectivity index (χ2n) is 4.32. The van der Waals surface area contributed by atoms with Crippen LogP contribution in [-0.2, 0) is 4.74 Å². The van der Waals surface area contributed by atoms with Crippen LogP contribution in [0.4, 0.5) is 11.5 Å². The molecule has 2 aromatic rings. The van der Waals surface area contributed by atoms with Crippen molar-refractivity contribution in [2.75, 3.05) is 31.3 Å². The fourth-order valence-corrected chi connectivity index (χ4v) is 1.85. The van der Waals surface area contributed by atoms with Gasteiger partial charge in [0, 0.05) is 24.7 Å². The van der Waals surface area contributed by atoms with E-state index in [2.05, 4.69) is 15.3 Å². The van der Waals surface area contributed by atoms with Crippen LogP contribution in [0.2, 0.25) is 0 Å². The summed E-state index contributed by atoms with van der Waals surface area (Å²) in [5.74, 6) is 0.745. The fraction of sp³-hybridized carbons (Fsp3) is 0.385. The number of nitrogens with zero attached hydrogens (tertiary/aromatic N) is 2. The van der Waals surface area contributed by atoms with Crippen molar-refractivity contribution in [1.82, 2.24) is 9.97 Å². The highest BCUT2D eigenvalue weighted by atomic mass is 16.5. The van der Waals surface area contributed by atoms with Gasteiger partial charge in [0.2, 0.25) is 0 Å². The molecule has 0 radical (unpaired) electrons. The standard InChI is InChI=1S/C13H18N4O2/c1-19-7-10(18)4-5-15-13-11-3-2-9(14)6-12(11)16-8-17-13/h2-3,6,8,10,18H,4-5,7,14H2,1H3,(H,15,16,17). The first-order valence-corrected chi connectivity index (χ1v) is 6.12. The van der Waals surface area contributed by atoms with E-state index in [1.165, 1.54) is 6.33 Å². The molecule has 1 unspecified atom stereocenters. The molecule has 0 aliphatic rings. The molecule has 0 fully saturated rings. The van der Waals surface area contributed by atoms with E-state index in [9.17, 15) is 5.11 Å². The molecule has 6 nitrogen and oxygen atoms in total. The minimum absolute atomic E-state index is 0.336. The molecule has 4 N–H and O–H groups in total. The van der Waals surface area contributed by atoms with Gasteiger partial charge in [-0.15, -0.1) is 0 Å². The molecule has 0 saturated carbocycles. The van der Waals surface area contributed by atoms with Gasteiger partial charge in [-0.2, -0.15) is 0 Å². The van der Waals surface area contributed by atoms with Gasteiger partial charge in [-0.1, -0.05) is 0 Å². The van der Waals surface area contributed by atoms with Crippen LogP contribution >= 0.6 is 0 Å². The Bertz CT molecular complexity index is 547. The van der Waals surface area contributed by atoms with E-state index in [-0.39, 0.29) is 0 Å². The van der Waals surface area contributed by atoms with Gasteiger partial charge in [-0.25, -0.2) is 9.97 Å². The molecule has 1 heterocycles. The Morgan fingerprint density at radius 1 is 1.42 bits per heavy atom. The zero-order valence-corrected chi connectivity index (χ0v) is 10.8. The smallest absolute Gasteiger partial charge is 0.137 e. The van der Waals surface area contributed by atoms with Crippen molar-refractivity contribution < 1.29 is 9.84 Å². The van der Waals surface area contributed by atoms with Gasteiger partial charge >= 0.3 is 0 Å². The lowest BCUT2D eigenvalue weighted by Gasteiger charge is -2.11. The molecule has 0 spiro atoms. The van der Waals surface area contributed by atoms with Crippen molar-refractivity contribution in [3.05, 3.63) is 24.5 Å². The van der Waals surface area contributed by atoms with E-state index < -0.39 is 6.10 Å². The Morgan fingerprint density at radius 3 is 3.05 bits per heavy atom. The SMILES string of the molecule is COCC(O)CCNc1ncnc2cc(N)ccc12. The first-order chi connectivity index (χ1) is 9.20. The molecule has 19 heavy (non-hydrogen) atoms. The molecule has 6 heteroatoms. The monoisotopic (exact) mass is 262 g/mol. The normalized spacial score (nSPS) is 12.5. The molecule has 0 amide bonds. The third-order valence-corrected chi connectivity index (χ3v) is 2.79. The van der Waals surface area contributed by atoms with Gasteiger partial charge in [0.15, 0.2) is 0 Å². The summed E-state index contributed by atoms with van der Waals surface area (Å²) in [6.45, 7) is 0.948. The highest BCUT2D eigenvalue weighted by Crippen LogP contribution is 2.21. The average Bonchev–Trinajstić information content (AvgIpc) is 2.39. The predicted molar refractivity (Wildman–Crippen MR) is 74.9 cm³/mol. The number of hydrogen-bond acceptors (Lipinski definition) is 6. The van der Waals surface area contributed by atoms with E-state index in [0.29, 0.717) is 25.3 Å². The van der Waals surface area contributed by atoms with Crippen LogP contribution in [0.15, 0.2) is 24.5 Å². The Balaban J connectivity index is 2.04. The minimum atomic E-state index is -0.471. The van der Waals surface area contributed by atoms with Gasteiger partial charge in [0.25, 0.3) is 0 Å². The summed E-state index contributed by atoms with van der Waals surface area (Å²) in [6, 6.07) is 5.51. The van der Waals surface area contributed by atoms with E-state index >= 15 is 0 Å². The van der Waals surface area contributed by atoms with Gasteiger partial charge in [0.05, 0.1) is 18.2 Å². The predicted octanol–water partition coefficient (Wildman–Crippen LogP) is 1.02. The second kappa shape index (κ2) is 6.31. The molecular weight excluding hydrogens is 244 g/mol. The lowest BCUT2D eigenvalue weighted by Crippen LogP contribution is -2.18. The van der Waals surface area contributed by atoms with E-state index in [0.717, 1.165) is 16.7 Å². The highest BCUT2D eigenvalue weighted by molar-refractivity contribution is 5.90. The maximum Gasteiger partial charge on any atom is 0.137 e. The van der Waals surface area contributed by atoms with E-state index in [1.54, 1.807) is 7.11 Å². The number of methoxy groups -OCH3 is 1. The number of aliphatic hydroxyl groups is 1. The molecule has 0 bridgehead atoms. The van der Waals surface area contributed by atoms with Crippen molar-refractivity contribution >= 4 is 22.4 Å². The number of hydrogen-bond donors (Lipinski definition) is 3. The summed E-state index contributed by atoms with van der Waals surface area (Å²) in [7, 11) is 1.57. The van der Waals surface area contributed by atoms with Crippen molar-refractivity contribution in [3.63, 3.8) is 0 Å². The number of aromatic nitrogens is 2. The average molecular weight is 262 g/mol. The number of ether oxygens (including phenoxy) is 1. The van der Waals surface area contributed by atoms with Crippen LogP contribution in [0, 0.1) is 0 Å². The van der Waals surface area contributed by atoms with Crippen molar-refractivity contribution in [2.45, 2.75) is 12.5 Å². The van der Waals surface area contributed by atoms with Gasteiger partial charge in [-0.3, -0.25) is 0 Å². The maximum atomic E-state index is 9.56. The number of aliphatic hydroxyl groups excluding tert-OH is 1. The van der Waals surface area contributed by atoms with Crippen LogP contribution in [0.25, 0.3) is 10.9 Å². The van der Waals surface area contributed by atoms with E-state index in [1.807, 2.05) is 18.2 Å². The molecule has 1 atom stereocenters.